The Bertz CT molecular complexity index is 369. The number of aromatic nitrogens is 1. The molecule has 0 spiro atoms. The highest BCUT2D eigenvalue weighted by Crippen LogP contribution is 2.13. The maximum Gasteiger partial charge on any atom is 0.293 e. The fraction of sp³-hybridized carbons (Fsp3) is 0.125. The Labute approximate surface area is 74.1 Å². The summed E-state index contributed by atoms with van der Waals surface area (Å²) in [5, 5.41) is 0. The molecule has 1 aromatic heterocycles. The maximum absolute atomic E-state index is 11.1. The first-order valence-electron chi connectivity index (χ1n) is 3.40. The van der Waals surface area contributed by atoms with E-state index in [1.165, 1.54) is 19.4 Å². The van der Waals surface area contributed by atoms with Crippen molar-refractivity contribution < 1.29 is 14.3 Å². The fourth-order valence-electron chi connectivity index (χ4n) is 0.818. The zero-order valence-electron chi connectivity index (χ0n) is 6.85. The van der Waals surface area contributed by atoms with E-state index >= 15 is 0 Å². The zero-order valence-corrected chi connectivity index (χ0v) is 6.85. The number of amides is 1. The summed E-state index contributed by atoms with van der Waals surface area (Å²) in [7, 11) is 1.38. The molecule has 0 saturated heterocycles. The van der Waals surface area contributed by atoms with E-state index in [9.17, 15) is 9.59 Å². The lowest BCUT2D eigenvalue weighted by Gasteiger charge is -2.00. The Kier molecular flexibility index (Phi) is 2.89. The number of carbonyl (C=O) groups is 1. The number of aliphatic imine (C=N–C) groups is 1. The number of methoxy groups -OCH3 is 1. The molecule has 0 unspecified atom stereocenters. The molecule has 5 heteroatoms. The lowest BCUT2D eigenvalue weighted by Crippen LogP contribution is -2.00. The van der Waals surface area contributed by atoms with Crippen LogP contribution in [0, 0.1) is 0 Å². The summed E-state index contributed by atoms with van der Waals surface area (Å²) < 4.78 is 4.79. The average molecular weight is 178 g/mol. The van der Waals surface area contributed by atoms with Crippen molar-refractivity contribution in [2.45, 2.75) is 0 Å². The molecule has 0 aliphatic carbocycles. The molecule has 0 saturated carbocycles. The van der Waals surface area contributed by atoms with E-state index in [0.717, 1.165) is 6.08 Å². The van der Waals surface area contributed by atoms with Crippen molar-refractivity contribution >= 4 is 12.0 Å². The van der Waals surface area contributed by atoms with Crippen LogP contribution in [-0.2, 0) is 4.79 Å². The second kappa shape index (κ2) is 4.13. The van der Waals surface area contributed by atoms with E-state index in [1.807, 2.05) is 0 Å². The van der Waals surface area contributed by atoms with Crippen molar-refractivity contribution in [1.82, 2.24) is 4.98 Å². The first-order chi connectivity index (χ1) is 6.29. The van der Waals surface area contributed by atoms with E-state index in [2.05, 4.69) is 9.98 Å². The molecule has 0 bridgehead atoms. The predicted molar refractivity (Wildman–Crippen MR) is 43.2 cm³/mol. The van der Waals surface area contributed by atoms with Gasteiger partial charge < -0.3 is 4.74 Å². The third-order valence-electron chi connectivity index (χ3n) is 1.34. The summed E-state index contributed by atoms with van der Waals surface area (Å²) in [5.41, 5.74) is 0.147. The number of nitrogens with zero attached hydrogens (tertiary/aromatic N) is 2. The molecule has 5 nitrogen and oxygen atoms in total. The number of rotatable bonds is 2. The average Bonchev–Trinajstić information content (AvgIpc) is 2.18. The minimum Gasteiger partial charge on any atom is -0.480 e. The SMILES string of the molecule is COc1ncccc1C(=O)N=C=O. The van der Waals surface area contributed by atoms with Crippen LogP contribution in [0.1, 0.15) is 10.4 Å². The van der Waals surface area contributed by atoms with Gasteiger partial charge in [0.15, 0.2) is 0 Å². The van der Waals surface area contributed by atoms with Crippen LogP contribution in [0.25, 0.3) is 0 Å². The van der Waals surface area contributed by atoms with Gasteiger partial charge in [0, 0.05) is 6.20 Å². The van der Waals surface area contributed by atoms with Gasteiger partial charge in [0.1, 0.15) is 5.56 Å². The van der Waals surface area contributed by atoms with Gasteiger partial charge in [-0.2, -0.15) is 0 Å². The highest BCUT2D eigenvalue weighted by atomic mass is 16.5. The lowest BCUT2D eigenvalue weighted by molar-refractivity contribution is 0.0999. The highest BCUT2D eigenvalue weighted by Gasteiger charge is 2.10. The molecule has 0 atom stereocenters. The molecule has 0 aliphatic heterocycles. The van der Waals surface area contributed by atoms with Gasteiger partial charge in [-0.05, 0) is 12.1 Å². The molecule has 1 rings (SSSR count). The van der Waals surface area contributed by atoms with Crippen molar-refractivity contribution in [2.24, 2.45) is 4.99 Å². The van der Waals surface area contributed by atoms with Crippen molar-refractivity contribution in [3.8, 4) is 5.88 Å². The summed E-state index contributed by atoms with van der Waals surface area (Å²) in [6, 6.07) is 3.02. The van der Waals surface area contributed by atoms with Gasteiger partial charge in [-0.15, -0.1) is 4.99 Å². The zero-order chi connectivity index (χ0) is 9.68. The number of isocyanates is 1. The Balaban J connectivity index is 3.12. The van der Waals surface area contributed by atoms with E-state index in [4.69, 9.17) is 4.74 Å². The number of hydrogen-bond donors (Lipinski definition) is 0. The van der Waals surface area contributed by atoms with Crippen LogP contribution >= 0.6 is 0 Å². The first kappa shape index (κ1) is 9.09. The van der Waals surface area contributed by atoms with E-state index < -0.39 is 5.91 Å². The quantitative estimate of drug-likeness (QED) is 0.490. The molecule has 0 aromatic carbocycles. The van der Waals surface area contributed by atoms with Gasteiger partial charge in [0.05, 0.1) is 7.11 Å². The van der Waals surface area contributed by atoms with E-state index in [1.54, 1.807) is 6.07 Å². The Morgan fingerprint density at radius 1 is 1.69 bits per heavy atom. The van der Waals surface area contributed by atoms with Gasteiger partial charge in [-0.3, -0.25) is 4.79 Å². The van der Waals surface area contributed by atoms with Crippen LogP contribution in [-0.4, -0.2) is 24.1 Å². The largest absolute Gasteiger partial charge is 0.480 e. The van der Waals surface area contributed by atoms with Crippen LogP contribution in [0.3, 0.4) is 0 Å². The summed E-state index contributed by atoms with van der Waals surface area (Å²) in [6.45, 7) is 0. The second-order valence-corrected chi connectivity index (χ2v) is 2.07. The van der Waals surface area contributed by atoms with Crippen molar-refractivity contribution in [3.63, 3.8) is 0 Å². The van der Waals surface area contributed by atoms with Gasteiger partial charge in [-0.25, -0.2) is 9.78 Å². The van der Waals surface area contributed by atoms with Gasteiger partial charge in [0.2, 0.25) is 12.0 Å². The topological polar surface area (TPSA) is 68.6 Å². The Hall–Kier alpha value is -2.00. The second-order valence-electron chi connectivity index (χ2n) is 2.07. The standard InChI is InChI=1S/C8H6N2O3/c1-13-8-6(3-2-4-9-8)7(12)10-5-11/h2-4H,1H3. The summed E-state index contributed by atoms with van der Waals surface area (Å²) in [6.07, 6.45) is 2.63. The van der Waals surface area contributed by atoms with E-state index in [0.29, 0.717) is 0 Å². The maximum atomic E-state index is 11.1. The number of pyridine rings is 1. The third kappa shape index (κ3) is 1.98. The number of carbonyl (C=O) groups excluding carboxylic acids is 2. The van der Waals surface area contributed by atoms with Crippen molar-refractivity contribution in [1.29, 1.82) is 0 Å². The van der Waals surface area contributed by atoms with Crippen LogP contribution in [0.15, 0.2) is 23.3 Å². The lowest BCUT2D eigenvalue weighted by atomic mass is 10.2. The van der Waals surface area contributed by atoms with Crippen LogP contribution in [0.4, 0.5) is 0 Å². The molecule has 13 heavy (non-hydrogen) atoms. The van der Waals surface area contributed by atoms with Gasteiger partial charge in [0.25, 0.3) is 5.91 Å². The molecule has 1 aromatic rings. The molecule has 0 fully saturated rings. The predicted octanol–water partition coefficient (Wildman–Crippen LogP) is 0.566. The van der Waals surface area contributed by atoms with Crippen molar-refractivity contribution in [3.05, 3.63) is 23.9 Å². The molecule has 0 N–H and O–H groups in total. The summed E-state index contributed by atoms with van der Waals surface area (Å²) in [4.78, 5) is 27.6. The Morgan fingerprint density at radius 3 is 3.08 bits per heavy atom. The molecule has 1 amide bonds. The smallest absolute Gasteiger partial charge is 0.293 e. The molecule has 66 valence electrons. The van der Waals surface area contributed by atoms with E-state index in [-0.39, 0.29) is 11.4 Å². The normalized spacial score (nSPS) is 8.69. The minimum atomic E-state index is -0.708. The summed E-state index contributed by atoms with van der Waals surface area (Å²) >= 11 is 0. The highest BCUT2D eigenvalue weighted by molar-refractivity contribution is 5.99. The van der Waals surface area contributed by atoms with Crippen LogP contribution < -0.4 is 4.74 Å². The first-order valence-corrected chi connectivity index (χ1v) is 3.40. The van der Waals surface area contributed by atoms with Crippen molar-refractivity contribution in [2.75, 3.05) is 7.11 Å². The number of ether oxygens (including phenoxy) is 1. The molecule has 1 heterocycles. The van der Waals surface area contributed by atoms with Gasteiger partial charge >= 0.3 is 0 Å². The molecular formula is C8H6N2O3. The number of hydrogen-bond acceptors (Lipinski definition) is 4. The monoisotopic (exact) mass is 178 g/mol. The minimum absolute atomic E-state index is 0.145. The summed E-state index contributed by atoms with van der Waals surface area (Å²) in [5.74, 6) is -0.563. The molecule has 0 radical (unpaired) electrons. The Morgan fingerprint density at radius 2 is 2.46 bits per heavy atom. The fourth-order valence-corrected chi connectivity index (χ4v) is 0.818. The van der Waals surface area contributed by atoms with Crippen LogP contribution in [0.5, 0.6) is 5.88 Å². The third-order valence-corrected chi connectivity index (χ3v) is 1.34. The molecular weight excluding hydrogens is 172 g/mol. The van der Waals surface area contributed by atoms with Crippen LogP contribution in [0.2, 0.25) is 0 Å². The molecule has 0 aliphatic rings. The van der Waals surface area contributed by atoms with Gasteiger partial charge in [-0.1, -0.05) is 0 Å².